The first-order chi connectivity index (χ1) is 8.42. The minimum atomic E-state index is -0.862. The first-order valence-electron chi connectivity index (χ1n) is 5.81. The molecule has 3 nitrogen and oxygen atoms in total. The highest BCUT2D eigenvalue weighted by atomic mass is 19.1. The van der Waals surface area contributed by atoms with Crippen LogP contribution in [0.4, 0.5) is 8.78 Å². The van der Waals surface area contributed by atoms with Crippen LogP contribution in [0.3, 0.4) is 0 Å². The number of halogens is 2. The number of carboxylic acids is 1. The van der Waals surface area contributed by atoms with Crippen molar-refractivity contribution in [1.29, 1.82) is 0 Å². The molecule has 1 aromatic carbocycles. The van der Waals surface area contributed by atoms with Gasteiger partial charge < -0.3 is 5.11 Å². The van der Waals surface area contributed by atoms with Gasteiger partial charge in [-0.05, 0) is 32.0 Å². The molecule has 1 unspecified atom stereocenters. The number of likely N-dealkylation sites (tertiary alicyclic amines) is 1. The fourth-order valence-corrected chi connectivity index (χ4v) is 2.27. The number of aliphatic carboxylic acids is 1. The number of hydrogen-bond donors (Lipinski definition) is 1. The Hall–Kier alpha value is -1.49. The predicted octanol–water partition coefficient (Wildman–Crippen LogP) is 2.26. The molecule has 1 saturated heterocycles. The number of carbonyl (C=O) groups is 1. The van der Waals surface area contributed by atoms with Gasteiger partial charge in [0.2, 0.25) is 0 Å². The van der Waals surface area contributed by atoms with Crippen LogP contribution in [0, 0.1) is 17.0 Å². The lowest BCUT2D eigenvalue weighted by molar-refractivity contribution is -0.147. The quantitative estimate of drug-likeness (QED) is 0.900. The number of rotatable bonds is 3. The molecule has 0 spiro atoms. The topological polar surface area (TPSA) is 40.5 Å². The summed E-state index contributed by atoms with van der Waals surface area (Å²) in [6.45, 7) is 2.63. The summed E-state index contributed by atoms with van der Waals surface area (Å²) in [4.78, 5) is 12.9. The van der Waals surface area contributed by atoms with Gasteiger partial charge in [-0.25, -0.2) is 8.78 Å². The van der Waals surface area contributed by atoms with E-state index in [2.05, 4.69) is 0 Å². The Morgan fingerprint density at radius 1 is 1.44 bits per heavy atom. The Balaban J connectivity index is 2.11. The lowest BCUT2D eigenvalue weighted by Crippen LogP contribution is -2.31. The molecular weight excluding hydrogens is 240 g/mol. The van der Waals surface area contributed by atoms with E-state index >= 15 is 0 Å². The third-order valence-corrected chi connectivity index (χ3v) is 3.51. The SMILES string of the molecule is CC1(C(=O)O)CCN(Cc2c(F)cccc2F)C1. The second-order valence-corrected chi connectivity index (χ2v) is 5.03. The van der Waals surface area contributed by atoms with Crippen molar-refractivity contribution >= 4 is 5.97 Å². The predicted molar refractivity (Wildman–Crippen MR) is 62.0 cm³/mol. The van der Waals surface area contributed by atoms with Crippen LogP contribution in [0.25, 0.3) is 0 Å². The molecule has 1 aromatic rings. The second-order valence-electron chi connectivity index (χ2n) is 5.03. The van der Waals surface area contributed by atoms with Gasteiger partial charge in [0.25, 0.3) is 0 Å². The summed E-state index contributed by atoms with van der Waals surface area (Å²) < 4.78 is 26.9. The summed E-state index contributed by atoms with van der Waals surface area (Å²) in [5.41, 5.74) is -0.811. The normalized spacial score (nSPS) is 24.4. The Bertz CT molecular complexity index is 458. The highest BCUT2D eigenvalue weighted by molar-refractivity contribution is 5.74. The van der Waals surface area contributed by atoms with Crippen LogP contribution in [0.1, 0.15) is 18.9 Å². The van der Waals surface area contributed by atoms with Gasteiger partial charge in [-0.1, -0.05) is 6.07 Å². The zero-order valence-corrected chi connectivity index (χ0v) is 10.1. The van der Waals surface area contributed by atoms with E-state index in [1.54, 1.807) is 11.8 Å². The molecule has 0 bridgehead atoms. The Kier molecular flexibility index (Phi) is 3.34. The van der Waals surface area contributed by atoms with Crippen LogP contribution >= 0.6 is 0 Å². The van der Waals surface area contributed by atoms with Crippen molar-refractivity contribution in [2.45, 2.75) is 19.9 Å². The third-order valence-electron chi connectivity index (χ3n) is 3.51. The standard InChI is InChI=1S/C13H15F2NO2/c1-13(12(17)18)5-6-16(8-13)7-9-10(14)3-2-4-11(9)15/h2-4H,5-8H2,1H3,(H,17,18). The van der Waals surface area contributed by atoms with Crippen LogP contribution in [-0.2, 0) is 11.3 Å². The Morgan fingerprint density at radius 2 is 2.06 bits per heavy atom. The molecule has 2 rings (SSSR count). The third kappa shape index (κ3) is 2.36. The van der Waals surface area contributed by atoms with Crippen molar-refractivity contribution in [3.05, 3.63) is 35.4 Å². The monoisotopic (exact) mass is 255 g/mol. The van der Waals surface area contributed by atoms with E-state index in [9.17, 15) is 13.6 Å². The van der Waals surface area contributed by atoms with Gasteiger partial charge in [0.15, 0.2) is 0 Å². The highest BCUT2D eigenvalue weighted by Crippen LogP contribution is 2.31. The first kappa shape index (κ1) is 13.0. The van der Waals surface area contributed by atoms with Crippen molar-refractivity contribution < 1.29 is 18.7 Å². The lowest BCUT2D eigenvalue weighted by atomic mass is 9.90. The molecule has 1 aliphatic heterocycles. The molecule has 1 fully saturated rings. The van der Waals surface area contributed by atoms with Crippen molar-refractivity contribution in [2.24, 2.45) is 5.41 Å². The summed E-state index contributed by atoms with van der Waals surface area (Å²) >= 11 is 0. The van der Waals surface area contributed by atoms with Gasteiger partial charge in [0, 0.05) is 18.7 Å². The summed E-state index contributed by atoms with van der Waals surface area (Å²) in [5, 5.41) is 9.09. The fraction of sp³-hybridized carbons (Fsp3) is 0.462. The summed E-state index contributed by atoms with van der Waals surface area (Å²) in [7, 11) is 0. The van der Waals surface area contributed by atoms with Crippen molar-refractivity contribution in [3.8, 4) is 0 Å². The largest absolute Gasteiger partial charge is 0.481 e. The van der Waals surface area contributed by atoms with Gasteiger partial charge in [0.05, 0.1) is 5.41 Å². The maximum absolute atomic E-state index is 13.5. The van der Waals surface area contributed by atoms with Crippen LogP contribution in [-0.4, -0.2) is 29.1 Å². The van der Waals surface area contributed by atoms with Gasteiger partial charge in [-0.15, -0.1) is 0 Å². The first-order valence-corrected chi connectivity index (χ1v) is 5.81. The van der Waals surface area contributed by atoms with Crippen LogP contribution < -0.4 is 0 Å². The molecule has 0 radical (unpaired) electrons. The smallest absolute Gasteiger partial charge is 0.310 e. The molecule has 1 aliphatic rings. The van der Waals surface area contributed by atoms with Crippen LogP contribution in [0.5, 0.6) is 0 Å². The molecule has 98 valence electrons. The Labute approximate surface area is 104 Å². The number of benzene rings is 1. The van der Waals surface area contributed by atoms with Gasteiger partial charge in [-0.3, -0.25) is 9.69 Å². The molecule has 1 atom stereocenters. The zero-order valence-electron chi connectivity index (χ0n) is 10.1. The van der Waals surface area contributed by atoms with Gasteiger partial charge in [0.1, 0.15) is 11.6 Å². The maximum atomic E-state index is 13.5. The maximum Gasteiger partial charge on any atom is 0.310 e. The molecule has 5 heteroatoms. The summed E-state index contributed by atoms with van der Waals surface area (Å²) in [6.07, 6.45) is 0.498. The van der Waals surface area contributed by atoms with E-state index in [0.717, 1.165) is 0 Å². The lowest BCUT2D eigenvalue weighted by Gasteiger charge is -2.20. The minimum absolute atomic E-state index is 0.00661. The van der Waals surface area contributed by atoms with Gasteiger partial charge in [-0.2, -0.15) is 0 Å². The average Bonchev–Trinajstić information content (AvgIpc) is 2.67. The number of carboxylic acid groups (broad SMARTS) is 1. The van der Waals surface area contributed by atoms with E-state index in [-0.39, 0.29) is 12.1 Å². The molecule has 1 heterocycles. The van der Waals surface area contributed by atoms with Crippen LogP contribution in [0.15, 0.2) is 18.2 Å². The molecule has 0 aromatic heterocycles. The highest BCUT2D eigenvalue weighted by Gasteiger charge is 2.40. The van der Waals surface area contributed by atoms with E-state index in [0.29, 0.717) is 19.5 Å². The average molecular weight is 255 g/mol. The number of nitrogens with zero attached hydrogens (tertiary/aromatic N) is 1. The molecule has 1 N–H and O–H groups in total. The van der Waals surface area contributed by atoms with Crippen LogP contribution in [0.2, 0.25) is 0 Å². The molecule has 0 amide bonds. The van der Waals surface area contributed by atoms with E-state index in [1.165, 1.54) is 18.2 Å². The molecule has 0 aliphatic carbocycles. The second kappa shape index (κ2) is 4.65. The van der Waals surface area contributed by atoms with Gasteiger partial charge >= 0.3 is 5.97 Å². The van der Waals surface area contributed by atoms with E-state index < -0.39 is 23.0 Å². The van der Waals surface area contributed by atoms with Crippen molar-refractivity contribution in [2.75, 3.05) is 13.1 Å². The van der Waals surface area contributed by atoms with Crippen molar-refractivity contribution in [3.63, 3.8) is 0 Å². The minimum Gasteiger partial charge on any atom is -0.481 e. The molecule has 0 saturated carbocycles. The van der Waals surface area contributed by atoms with E-state index in [4.69, 9.17) is 5.11 Å². The molecular formula is C13H15F2NO2. The van der Waals surface area contributed by atoms with E-state index in [1.807, 2.05) is 0 Å². The summed E-state index contributed by atoms with van der Waals surface area (Å²) in [6, 6.07) is 3.75. The number of hydrogen-bond acceptors (Lipinski definition) is 2. The zero-order chi connectivity index (χ0) is 13.3. The fourth-order valence-electron chi connectivity index (χ4n) is 2.27. The summed E-state index contributed by atoms with van der Waals surface area (Å²) in [5.74, 6) is -2.03. The Morgan fingerprint density at radius 3 is 2.56 bits per heavy atom. The van der Waals surface area contributed by atoms with Crippen molar-refractivity contribution in [1.82, 2.24) is 4.90 Å². The molecule has 18 heavy (non-hydrogen) atoms.